The minimum absolute atomic E-state index is 0.181. The van der Waals surface area contributed by atoms with Crippen LogP contribution in [0.25, 0.3) is 0 Å². The van der Waals surface area contributed by atoms with Gasteiger partial charge in [0, 0.05) is 26.4 Å². The molecule has 1 heterocycles. The Kier molecular flexibility index (Phi) is 5.55. The van der Waals surface area contributed by atoms with E-state index in [4.69, 9.17) is 0 Å². The first-order chi connectivity index (χ1) is 8.13. The third-order valence-electron chi connectivity index (χ3n) is 2.12. The summed E-state index contributed by atoms with van der Waals surface area (Å²) in [5.74, 6) is 0.797. The summed E-state index contributed by atoms with van der Waals surface area (Å²) in [4.78, 5) is 13.0. The van der Waals surface area contributed by atoms with Gasteiger partial charge in [0.1, 0.15) is 0 Å². The fraction of sp³-hybridized carbons (Fsp3) is 0.500. The van der Waals surface area contributed by atoms with Gasteiger partial charge in [-0.25, -0.2) is 4.79 Å². The number of aromatic nitrogens is 2. The smallest absolute Gasteiger partial charge is 0.324 e. The predicted octanol–water partition coefficient (Wildman–Crippen LogP) is 0.798. The van der Waals surface area contributed by atoms with E-state index in [0.717, 1.165) is 23.7 Å². The molecule has 2 N–H and O–H groups in total. The zero-order chi connectivity index (χ0) is 12.7. The lowest BCUT2D eigenvalue weighted by Crippen LogP contribution is -2.29. The van der Waals surface area contributed by atoms with Crippen molar-refractivity contribution in [2.24, 2.45) is 0 Å². The summed E-state index contributed by atoms with van der Waals surface area (Å²) in [6.07, 6.45) is 1.73. The van der Waals surface area contributed by atoms with Gasteiger partial charge in [0.2, 0.25) is 0 Å². The van der Waals surface area contributed by atoms with Gasteiger partial charge in [-0.2, -0.15) is 10.2 Å². The van der Waals surface area contributed by atoms with Crippen LogP contribution in [0.2, 0.25) is 0 Å². The van der Waals surface area contributed by atoms with E-state index in [1.807, 2.05) is 20.0 Å². The molecule has 0 aliphatic rings. The number of carbonyl (C=O) groups excluding carboxylic acids is 1. The Morgan fingerprint density at radius 2 is 2.35 bits per heavy atom. The lowest BCUT2D eigenvalue weighted by Gasteiger charge is -2.18. The Bertz CT molecular complexity index is 373. The Balaban J connectivity index is 2.30. The van der Waals surface area contributed by atoms with Crippen molar-refractivity contribution in [2.45, 2.75) is 6.92 Å². The highest BCUT2D eigenvalue weighted by Crippen LogP contribution is 2.11. The minimum Gasteiger partial charge on any atom is -0.372 e. The van der Waals surface area contributed by atoms with Crippen molar-refractivity contribution in [1.29, 1.82) is 0 Å². The molecule has 1 aromatic heterocycles. The van der Waals surface area contributed by atoms with E-state index in [0.29, 0.717) is 0 Å². The van der Waals surface area contributed by atoms with Crippen LogP contribution in [-0.2, 0) is 0 Å². The Labute approximate surface area is 105 Å². The standard InChI is InChI=1S/C10H17N5OS/c1-8-6-9(7-12-13-8)15(3)4-5-17-14-10(16)11-2/h6-7H,4-5H2,1-3H3,(H2,11,14,16). The van der Waals surface area contributed by atoms with Gasteiger partial charge in [-0.05, 0) is 24.9 Å². The van der Waals surface area contributed by atoms with Crippen molar-refractivity contribution in [3.63, 3.8) is 0 Å². The fourth-order valence-corrected chi connectivity index (χ4v) is 1.85. The molecule has 17 heavy (non-hydrogen) atoms. The second-order valence-electron chi connectivity index (χ2n) is 3.51. The molecule has 6 nitrogen and oxygen atoms in total. The zero-order valence-electron chi connectivity index (χ0n) is 10.2. The van der Waals surface area contributed by atoms with E-state index >= 15 is 0 Å². The summed E-state index contributed by atoms with van der Waals surface area (Å²) < 4.78 is 2.66. The van der Waals surface area contributed by atoms with Crippen LogP contribution in [0.15, 0.2) is 12.3 Å². The van der Waals surface area contributed by atoms with Crippen molar-refractivity contribution in [3.8, 4) is 0 Å². The van der Waals surface area contributed by atoms with Gasteiger partial charge < -0.3 is 10.2 Å². The molecule has 1 aromatic rings. The number of carbonyl (C=O) groups is 1. The van der Waals surface area contributed by atoms with Gasteiger partial charge in [0.15, 0.2) is 0 Å². The van der Waals surface area contributed by atoms with Gasteiger partial charge in [-0.1, -0.05) is 0 Å². The lowest BCUT2D eigenvalue weighted by atomic mass is 10.3. The van der Waals surface area contributed by atoms with Crippen LogP contribution in [0.5, 0.6) is 0 Å². The highest BCUT2D eigenvalue weighted by atomic mass is 32.2. The number of aryl methyl sites for hydroxylation is 1. The van der Waals surface area contributed by atoms with Gasteiger partial charge in [-0.15, -0.1) is 0 Å². The Morgan fingerprint density at radius 3 is 3.00 bits per heavy atom. The van der Waals surface area contributed by atoms with Crippen molar-refractivity contribution < 1.29 is 4.79 Å². The molecule has 1 rings (SSSR count). The summed E-state index contributed by atoms with van der Waals surface area (Å²) in [5.41, 5.74) is 1.92. The van der Waals surface area contributed by atoms with Gasteiger partial charge >= 0.3 is 6.03 Å². The van der Waals surface area contributed by atoms with E-state index in [1.54, 1.807) is 13.2 Å². The number of nitrogens with zero attached hydrogens (tertiary/aromatic N) is 3. The molecule has 0 radical (unpaired) electrons. The maximum absolute atomic E-state index is 10.9. The highest BCUT2D eigenvalue weighted by Gasteiger charge is 2.02. The maximum atomic E-state index is 10.9. The molecular weight excluding hydrogens is 238 g/mol. The summed E-state index contributed by atoms with van der Waals surface area (Å²) >= 11 is 1.37. The summed E-state index contributed by atoms with van der Waals surface area (Å²) in [6, 6.07) is 1.79. The molecule has 0 saturated heterocycles. The number of anilines is 1. The summed E-state index contributed by atoms with van der Waals surface area (Å²) in [5, 5.41) is 10.3. The van der Waals surface area contributed by atoms with E-state index in [1.165, 1.54) is 11.9 Å². The second-order valence-corrected chi connectivity index (χ2v) is 4.41. The topological polar surface area (TPSA) is 70.2 Å². The molecule has 7 heteroatoms. The van der Waals surface area contributed by atoms with Crippen LogP contribution in [0.3, 0.4) is 0 Å². The quantitative estimate of drug-likeness (QED) is 0.601. The summed E-state index contributed by atoms with van der Waals surface area (Å²) in [7, 11) is 3.57. The number of urea groups is 1. The molecule has 0 unspecified atom stereocenters. The third kappa shape index (κ3) is 4.90. The average Bonchev–Trinajstić information content (AvgIpc) is 2.34. The molecule has 2 amide bonds. The normalized spacial score (nSPS) is 9.82. The number of nitrogens with one attached hydrogen (secondary N) is 2. The molecule has 0 fully saturated rings. The largest absolute Gasteiger partial charge is 0.372 e. The number of amides is 2. The Morgan fingerprint density at radius 1 is 1.59 bits per heavy atom. The van der Waals surface area contributed by atoms with Crippen LogP contribution in [0.4, 0.5) is 10.5 Å². The molecule has 0 atom stereocenters. The van der Waals surface area contributed by atoms with Crippen LogP contribution in [-0.4, -0.2) is 42.6 Å². The van der Waals surface area contributed by atoms with Crippen LogP contribution in [0, 0.1) is 6.92 Å². The van der Waals surface area contributed by atoms with E-state index < -0.39 is 0 Å². The molecular formula is C10H17N5OS. The van der Waals surface area contributed by atoms with Crippen LogP contribution < -0.4 is 14.9 Å². The van der Waals surface area contributed by atoms with E-state index in [-0.39, 0.29) is 6.03 Å². The summed E-state index contributed by atoms with van der Waals surface area (Å²) in [6.45, 7) is 2.73. The molecule has 0 spiro atoms. The lowest BCUT2D eigenvalue weighted by molar-refractivity contribution is 0.248. The van der Waals surface area contributed by atoms with Crippen molar-refractivity contribution in [1.82, 2.24) is 20.2 Å². The predicted molar refractivity (Wildman–Crippen MR) is 70.1 cm³/mol. The Hall–Kier alpha value is -1.50. The van der Waals surface area contributed by atoms with Crippen molar-refractivity contribution in [2.75, 3.05) is 31.3 Å². The molecule has 94 valence electrons. The molecule has 0 saturated carbocycles. The highest BCUT2D eigenvalue weighted by molar-refractivity contribution is 7.97. The third-order valence-corrected chi connectivity index (χ3v) is 2.84. The van der Waals surface area contributed by atoms with Crippen molar-refractivity contribution >= 4 is 23.7 Å². The minimum atomic E-state index is -0.181. The number of hydrogen-bond acceptors (Lipinski definition) is 5. The molecule has 0 aliphatic carbocycles. The number of rotatable bonds is 5. The van der Waals surface area contributed by atoms with Crippen LogP contribution in [0.1, 0.15) is 5.69 Å². The molecule has 0 aliphatic heterocycles. The SMILES string of the molecule is CNC(=O)NSCCN(C)c1cnnc(C)c1. The first-order valence-corrected chi connectivity index (χ1v) is 6.22. The zero-order valence-corrected chi connectivity index (χ0v) is 11.0. The van der Waals surface area contributed by atoms with Gasteiger partial charge in [-0.3, -0.25) is 4.72 Å². The first-order valence-electron chi connectivity index (χ1n) is 5.23. The average molecular weight is 255 g/mol. The fourth-order valence-electron chi connectivity index (χ4n) is 1.15. The van der Waals surface area contributed by atoms with Crippen molar-refractivity contribution in [3.05, 3.63) is 18.0 Å². The van der Waals surface area contributed by atoms with E-state index in [9.17, 15) is 4.79 Å². The van der Waals surface area contributed by atoms with Gasteiger partial charge in [0.05, 0.1) is 17.6 Å². The van der Waals surface area contributed by atoms with E-state index in [2.05, 4.69) is 25.1 Å². The monoisotopic (exact) mass is 255 g/mol. The first kappa shape index (κ1) is 13.6. The van der Waals surface area contributed by atoms with Gasteiger partial charge in [0.25, 0.3) is 0 Å². The van der Waals surface area contributed by atoms with Crippen LogP contribution >= 0.6 is 11.9 Å². The molecule has 0 aromatic carbocycles. The number of hydrogen-bond donors (Lipinski definition) is 2. The maximum Gasteiger partial charge on any atom is 0.324 e. The second kappa shape index (κ2) is 6.95. The molecule has 0 bridgehead atoms.